The van der Waals surface area contributed by atoms with Gasteiger partial charge in [0.15, 0.2) is 0 Å². The van der Waals surface area contributed by atoms with Gasteiger partial charge in [0.25, 0.3) is 0 Å². The first-order chi connectivity index (χ1) is 20.7. The van der Waals surface area contributed by atoms with E-state index < -0.39 is 8.07 Å². The number of benzene rings is 1. The molecule has 0 unspecified atom stereocenters. The molecule has 4 aromatic rings. The Hall–Kier alpha value is -2.88. The molecular formula is C31H45N6O4Si2. The number of rotatable bonds is 15. The Morgan fingerprint density at radius 1 is 0.953 bits per heavy atom. The lowest BCUT2D eigenvalue weighted by atomic mass is 10.2. The number of aromatic nitrogens is 5. The molecule has 0 saturated carbocycles. The van der Waals surface area contributed by atoms with Crippen LogP contribution >= 0.6 is 0 Å². The van der Waals surface area contributed by atoms with Gasteiger partial charge < -0.3 is 18.9 Å². The van der Waals surface area contributed by atoms with Crippen LogP contribution in [0.3, 0.4) is 0 Å². The van der Waals surface area contributed by atoms with Crippen LogP contribution in [0.1, 0.15) is 5.69 Å². The first kappa shape index (κ1) is 31.5. The lowest BCUT2D eigenvalue weighted by molar-refractivity contribution is 0.0333. The zero-order valence-electron chi connectivity index (χ0n) is 26.2. The van der Waals surface area contributed by atoms with Crippen molar-refractivity contribution in [3.05, 3.63) is 54.5 Å². The van der Waals surface area contributed by atoms with Gasteiger partial charge in [-0.05, 0) is 36.4 Å². The number of morpholine rings is 1. The van der Waals surface area contributed by atoms with Gasteiger partial charge >= 0.3 is 0 Å². The molecule has 0 amide bonds. The van der Waals surface area contributed by atoms with Crippen molar-refractivity contribution in [2.45, 2.75) is 64.8 Å². The summed E-state index contributed by atoms with van der Waals surface area (Å²) in [4.78, 5) is 6.99. The summed E-state index contributed by atoms with van der Waals surface area (Å²) < 4.78 is 27.5. The molecule has 1 aliphatic rings. The van der Waals surface area contributed by atoms with E-state index in [0.717, 1.165) is 86.0 Å². The van der Waals surface area contributed by atoms with Crippen molar-refractivity contribution in [2.24, 2.45) is 0 Å². The SMILES string of the molecule is C[Si](C)CCOCn1nccc1-c1ccc(Oc2ccc3c(CN4CCOCC4)nn(COCC[Si](C)(C)C)c3c2)nc1. The molecule has 5 rings (SSSR count). The highest BCUT2D eigenvalue weighted by Crippen LogP contribution is 2.29. The topological polar surface area (TPSA) is 88.7 Å². The lowest BCUT2D eigenvalue weighted by Gasteiger charge is -2.25. The molecule has 1 radical (unpaired) electrons. The maximum Gasteiger partial charge on any atom is 0.219 e. The number of fused-ring (bicyclic) bond motifs is 1. The van der Waals surface area contributed by atoms with Crippen LogP contribution in [-0.2, 0) is 34.2 Å². The van der Waals surface area contributed by atoms with Gasteiger partial charge in [-0.15, -0.1) is 0 Å². The Kier molecular flexibility index (Phi) is 10.8. The minimum atomic E-state index is -1.17. The normalized spacial score (nSPS) is 14.7. The number of hydrogen-bond acceptors (Lipinski definition) is 8. The first-order valence-corrected chi connectivity index (χ1v) is 21.6. The summed E-state index contributed by atoms with van der Waals surface area (Å²) in [5, 5.41) is 10.5. The summed E-state index contributed by atoms with van der Waals surface area (Å²) in [6, 6.07) is 14.2. The van der Waals surface area contributed by atoms with E-state index in [1.165, 1.54) is 0 Å². The van der Waals surface area contributed by atoms with Crippen LogP contribution in [0, 0.1) is 0 Å². The van der Waals surface area contributed by atoms with Gasteiger partial charge in [0.1, 0.15) is 19.2 Å². The molecule has 4 heterocycles. The molecule has 231 valence electrons. The van der Waals surface area contributed by atoms with Gasteiger partial charge in [-0.25, -0.2) is 14.3 Å². The summed E-state index contributed by atoms with van der Waals surface area (Å²) in [5.41, 5.74) is 3.96. The van der Waals surface area contributed by atoms with Crippen LogP contribution < -0.4 is 4.74 Å². The van der Waals surface area contributed by atoms with E-state index in [0.29, 0.717) is 25.1 Å². The molecule has 3 aromatic heterocycles. The first-order valence-electron chi connectivity index (χ1n) is 15.2. The zero-order chi connectivity index (χ0) is 30.2. The van der Waals surface area contributed by atoms with Gasteiger partial charge in [0.05, 0.1) is 30.1 Å². The van der Waals surface area contributed by atoms with Crippen LogP contribution in [-0.4, -0.2) is 85.8 Å². The van der Waals surface area contributed by atoms with E-state index in [1.807, 2.05) is 45.9 Å². The molecule has 0 N–H and O–H groups in total. The van der Waals surface area contributed by atoms with Crippen LogP contribution in [0.2, 0.25) is 44.8 Å². The number of pyridine rings is 1. The predicted octanol–water partition coefficient (Wildman–Crippen LogP) is 5.96. The minimum Gasteiger partial charge on any atom is -0.439 e. The molecule has 1 saturated heterocycles. The van der Waals surface area contributed by atoms with E-state index in [-0.39, 0.29) is 8.80 Å². The molecule has 10 nitrogen and oxygen atoms in total. The van der Waals surface area contributed by atoms with Crippen molar-refractivity contribution in [1.29, 1.82) is 0 Å². The summed E-state index contributed by atoms with van der Waals surface area (Å²) in [6.07, 6.45) is 3.61. The van der Waals surface area contributed by atoms with Gasteiger partial charge in [-0.3, -0.25) is 4.90 Å². The summed E-state index contributed by atoms with van der Waals surface area (Å²) >= 11 is 0. The minimum absolute atomic E-state index is 0.292. The molecule has 0 atom stereocenters. The largest absolute Gasteiger partial charge is 0.439 e. The van der Waals surface area contributed by atoms with E-state index in [2.05, 4.69) is 53.8 Å². The lowest BCUT2D eigenvalue weighted by Crippen LogP contribution is -2.35. The fourth-order valence-electron chi connectivity index (χ4n) is 4.82. The second-order valence-electron chi connectivity index (χ2n) is 12.6. The average molecular weight is 622 g/mol. The molecule has 1 aromatic carbocycles. The van der Waals surface area contributed by atoms with Crippen molar-refractivity contribution in [3.63, 3.8) is 0 Å². The fourth-order valence-corrected chi connectivity index (χ4v) is 6.13. The van der Waals surface area contributed by atoms with Crippen molar-refractivity contribution < 1.29 is 18.9 Å². The van der Waals surface area contributed by atoms with E-state index in [4.69, 9.17) is 24.0 Å². The summed E-state index contributed by atoms with van der Waals surface area (Å²) in [6.45, 7) is 18.2. The fraction of sp³-hybridized carbons (Fsp3) is 0.516. The van der Waals surface area contributed by atoms with Crippen molar-refractivity contribution >= 4 is 27.8 Å². The smallest absolute Gasteiger partial charge is 0.219 e. The molecule has 0 bridgehead atoms. The van der Waals surface area contributed by atoms with E-state index in [1.54, 1.807) is 6.20 Å². The Balaban J connectivity index is 1.29. The van der Waals surface area contributed by atoms with Crippen LogP contribution in [0.5, 0.6) is 11.6 Å². The monoisotopic (exact) mass is 621 g/mol. The molecule has 0 spiro atoms. The van der Waals surface area contributed by atoms with E-state index in [9.17, 15) is 0 Å². The molecule has 1 fully saturated rings. The summed E-state index contributed by atoms with van der Waals surface area (Å²) in [7, 11) is -1.46. The second kappa shape index (κ2) is 14.7. The number of nitrogens with zero attached hydrogens (tertiary/aromatic N) is 6. The highest BCUT2D eigenvalue weighted by molar-refractivity contribution is 6.76. The third-order valence-electron chi connectivity index (χ3n) is 7.42. The average Bonchev–Trinajstić information content (AvgIpc) is 3.58. The Morgan fingerprint density at radius 3 is 2.49 bits per heavy atom. The molecule has 43 heavy (non-hydrogen) atoms. The van der Waals surface area contributed by atoms with Crippen molar-refractivity contribution in [1.82, 2.24) is 29.4 Å². The van der Waals surface area contributed by atoms with Gasteiger partial charge in [0, 0.05) is 85.2 Å². The van der Waals surface area contributed by atoms with Crippen molar-refractivity contribution in [3.8, 4) is 22.9 Å². The maximum absolute atomic E-state index is 6.22. The van der Waals surface area contributed by atoms with Gasteiger partial charge in [-0.2, -0.15) is 10.2 Å². The van der Waals surface area contributed by atoms with Crippen molar-refractivity contribution in [2.75, 3.05) is 39.5 Å². The van der Waals surface area contributed by atoms with Crippen LogP contribution in [0.25, 0.3) is 22.2 Å². The Morgan fingerprint density at radius 2 is 1.74 bits per heavy atom. The highest BCUT2D eigenvalue weighted by Gasteiger charge is 2.18. The molecular weight excluding hydrogens is 577 g/mol. The second-order valence-corrected chi connectivity index (χ2v) is 21.1. The quantitative estimate of drug-likeness (QED) is 0.119. The zero-order valence-corrected chi connectivity index (χ0v) is 28.2. The third-order valence-corrected chi connectivity index (χ3v) is 10.3. The standard InChI is InChI=1S/C31H45N6O4Si2/c1-42(2)18-16-39-23-36-29(10-11-33-36)25-6-9-31(32-21-25)41-26-7-8-27-28(22-35-12-14-38-15-13-35)34-37(30(27)20-26)24-40-17-19-43(3,4)5/h6-11,20-21H,12-19,22-24H2,1-5H3. The third kappa shape index (κ3) is 9.07. The number of hydrogen-bond donors (Lipinski definition) is 0. The van der Waals surface area contributed by atoms with Gasteiger partial charge in [-0.1, -0.05) is 32.7 Å². The van der Waals surface area contributed by atoms with Crippen LogP contribution in [0.15, 0.2) is 48.8 Å². The molecule has 0 aliphatic carbocycles. The molecule has 1 aliphatic heterocycles. The Labute approximate surface area is 257 Å². The highest BCUT2D eigenvalue weighted by atomic mass is 28.3. The molecule has 12 heteroatoms. The summed E-state index contributed by atoms with van der Waals surface area (Å²) in [5.74, 6) is 1.23. The maximum atomic E-state index is 6.22. The van der Waals surface area contributed by atoms with E-state index >= 15 is 0 Å². The van der Waals surface area contributed by atoms with Gasteiger partial charge in [0.2, 0.25) is 5.88 Å². The number of ether oxygens (including phenoxy) is 4. The Bertz CT molecular complexity index is 1450. The predicted molar refractivity (Wildman–Crippen MR) is 174 cm³/mol. The van der Waals surface area contributed by atoms with Crippen LogP contribution in [0.4, 0.5) is 0 Å².